The molecule has 0 aliphatic heterocycles. The molecule has 1 unspecified atom stereocenters. The van der Waals surface area contributed by atoms with Gasteiger partial charge in [0.15, 0.2) is 5.16 Å². The highest BCUT2D eigenvalue weighted by Gasteiger charge is 2.23. The molecule has 0 bridgehead atoms. The van der Waals surface area contributed by atoms with E-state index in [1.807, 2.05) is 39.0 Å². The molecule has 1 aromatic carbocycles. The number of fused-ring (bicyclic) bond motifs is 1. The minimum atomic E-state index is -1.24. The number of thioether (sulfide) groups is 1. The molecule has 2 heterocycles. The zero-order valence-corrected chi connectivity index (χ0v) is 20.0. The predicted molar refractivity (Wildman–Crippen MR) is 127 cm³/mol. The number of nitrogens with one attached hydrogen (secondary N) is 1. The predicted octanol–water partition coefficient (Wildman–Crippen LogP) is 3.23. The van der Waals surface area contributed by atoms with E-state index < -0.39 is 11.2 Å². The number of benzene rings is 1. The molecule has 0 aliphatic rings. The van der Waals surface area contributed by atoms with E-state index in [0.29, 0.717) is 21.8 Å². The number of para-hydroxylation sites is 1. The number of aliphatic carboxylic acids is 1. The fraction of sp³-hybridized carbons (Fsp3) is 0.391. The Morgan fingerprint density at radius 1 is 1.19 bits per heavy atom. The first-order chi connectivity index (χ1) is 15.4. The quantitative estimate of drug-likeness (QED) is 0.359. The van der Waals surface area contributed by atoms with Crippen molar-refractivity contribution >= 4 is 50.9 Å². The molecule has 3 rings (SSSR count). The van der Waals surface area contributed by atoms with Gasteiger partial charge in [-0.15, -0.1) is 11.3 Å². The number of amides is 1. The van der Waals surface area contributed by atoms with Crippen molar-refractivity contribution in [1.29, 1.82) is 0 Å². The van der Waals surface area contributed by atoms with Gasteiger partial charge in [0.05, 0.1) is 10.8 Å². The second-order valence-corrected chi connectivity index (χ2v) is 9.36. The molecule has 0 saturated carbocycles. The zero-order valence-electron chi connectivity index (χ0n) is 18.3. The maximum Gasteiger partial charge on any atom is 0.272 e. The van der Waals surface area contributed by atoms with Gasteiger partial charge >= 0.3 is 0 Å². The van der Waals surface area contributed by atoms with Gasteiger partial charge in [0.2, 0.25) is 5.91 Å². The Labute approximate surface area is 194 Å². The number of carbonyl (C=O) groups excluding carboxylic acids is 2. The Morgan fingerprint density at radius 2 is 1.88 bits per heavy atom. The first-order valence-corrected chi connectivity index (χ1v) is 12.4. The van der Waals surface area contributed by atoms with Gasteiger partial charge in [0.25, 0.3) is 5.56 Å². The van der Waals surface area contributed by atoms with Crippen LogP contribution in [-0.4, -0.2) is 26.7 Å². The van der Waals surface area contributed by atoms with E-state index in [4.69, 9.17) is 0 Å². The van der Waals surface area contributed by atoms with Crippen molar-refractivity contribution in [1.82, 2.24) is 9.55 Å². The number of hydrogen-bond donors (Lipinski definition) is 1. The van der Waals surface area contributed by atoms with E-state index >= 15 is 0 Å². The monoisotopic (exact) mass is 472 g/mol. The van der Waals surface area contributed by atoms with Gasteiger partial charge in [-0.2, -0.15) is 0 Å². The molecule has 9 heteroatoms. The number of aromatic nitrogens is 2. The van der Waals surface area contributed by atoms with E-state index in [0.717, 1.165) is 29.7 Å². The number of rotatable bonds is 10. The molecule has 0 spiro atoms. The van der Waals surface area contributed by atoms with Crippen LogP contribution in [0.15, 0.2) is 39.6 Å². The third-order valence-corrected chi connectivity index (χ3v) is 7.47. The topological polar surface area (TPSA) is 104 Å². The number of anilines is 1. The van der Waals surface area contributed by atoms with E-state index in [-0.39, 0.29) is 24.4 Å². The van der Waals surface area contributed by atoms with Gasteiger partial charge < -0.3 is 15.2 Å². The molecule has 0 saturated heterocycles. The Bertz CT molecular complexity index is 1160. The Balaban J connectivity index is 1.93. The van der Waals surface area contributed by atoms with Crippen LogP contribution in [0.1, 0.15) is 44.7 Å². The lowest BCUT2D eigenvalue weighted by Gasteiger charge is -2.20. The molecular formula is C23H26N3O4S2-. The van der Waals surface area contributed by atoms with Gasteiger partial charge in [0.1, 0.15) is 4.70 Å². The third-order valence-electron chi connectivity index (χ3n) is 5.23. The van der Waals surface area contributed by atoms with Crippen LogP contribution in [0.4, 0.5) is 5.69 Å². The number of carboxylic acids is 1. The van der Waals surface area contributed by atoms with Crippen LogP contribution < -0.4 is 16.0 Å². The zero-order chi connectivity index (χ0) is 23.3. The van der Waals surface area contributed by atoms with Crippen molar-refractivity contribution < 1.29 is 14.7 Å². The summed E-state index contributed by atoms with van der Waals surface area (Å²) in [5.41, 5.74) is 3.24. The molecule has 32 heavy (non-hydrogen) atoms. The van der Waals surface area contributed by atoms with Crippen LogP contribution in [0.25, 0.3) is 10.2 Å². The number of thiophene rings is 1. The van der Waals surface area contributed by atoms with Crippen LogP contribution in [0.3, 0.4) is 0 Å². The SMILES string of the molecule is CCc1cccc(CC)c1NC(=O)C(CC)Sc1nc2ccsc2c(=O)n1CCC(=O)[O-]. The summed E-state index contributed by atoms with van der Waals surface area (Å²) in [6.07, 6.45) is 1.81. The van der Waals surface area contributed by atoms with Crippen molar-refractivity contribution in [2.24, 2.45) is 0 Å². The van der Waals surface area contributed by atoms with Crippen LogP contribution in [0, 0.1) is 0 Å². The molecule has 0 fully saturated rings. The van der Waals surface area contributed by atoms with Gasteiger partial charge in [-0.25, -0.2) is 4.98 Å². The summed E-state index contributed by atoms with van der Waals surface area (Å²) in [7, 11) is 0. The Kier molecular flexibility index (Phi) is 8.09. The molecule has 1 N–H and O–H groups in total. The second kappa shape index (κ2) is 10.8. The molecule has 1 atom stereocenters. The molecule has 0 radical (unpaired) electrons. The number of carbonyl (C=O) groups is 2. The fourth-order valence-electron chi connectivity index (χ4n) is 3.47. The maximum atomic E-state index is 13.2. The first kappa shape index (κ1) is 24.0. The highest BCUT2D eigenvalue weighted by Crippen LogP contribution is 2.29. The van der Waals surface area contributed by atoms with Gasteiger partial charge in [-0.05, 0) is 41.8 Å². The summed E-state index contributed by atoms with van der Waals surface area (Å²) in [5.74, 6) is -1.41. The summed E-state index contributed by atoms with van der Waals surface area (Å²) in [6, 6.07) is 7.76. The van der Waals surface area contributed by atoms with Crippen LogP contribution in [0.5, 0.6) is 0 Å². The molecule has 7 nitrogen and oxygen atoms in total. The Morgan fingerprint density at radius 3 is 2.47 bits per heavy atom. The molecule has 3 aromatic rings. The highest BCUT2D eigenvalue weighted by atomic mass is 32.2. The fourth-order valence-corrected chi connectivity index (χ4v) is 5.29. The van der Waals surface area contributed by atoms with Crippen molar-refractivity contribution in [3.05, 3.63) is 51.1 Å². The number of hydrogen-bond acceptors (Lipinski definition) is 7. The smallest absolute Gasteiger partial charge is 0.272 e. The normalized spacial score (nSPS) is 12.1. The molecule has 170 valence electrons. The van der Waals surface area contributed by atoms with E-state index in [9.17, 15) is 19.5 Å². The average molecular weight is 473 g/mol. The minimum Gasteiger partial charge on any atom is -0.550 e. The largest absolute Gasteiger partial charge is 0.550 e. The molecule has 2 aromatic heterocycles. The number of aryl methyl sites for hydroxylation is 2. The molecule has 0 aliphatic carbocycles. The second-order valence-electron chi connectivity index (χ2n) is 7.27. The average Bonchev–Trinajstić information content (AvgIpc) is 3.25. The summed E-state index contributed by atoms with van der Waals surface area (Å²) in [6.45, 7) is 5.94. The Hall–Kier alpha value is -2.65. The van der Waals surface area contributed by atoms with Crippen LogP contribution >= 0.6 is 23.1 Å². The highest BCUT2D eigenvalue weighted by molar-refractivity contribution is 8.00. The standard InChI is InChI=1S/C23H27N3O4S2/c1-4-14-8-7-9-15(5-2)19(14)25-21(29)17(6-3)32-23-24-16-11-13-31-20(16)22(30)26(23)12-10-18(27)28/h7-9,11,13,17H,4-6,10,12H2,1-3H3,(H,25,29)(H,27,28)/p-1. The first-order valence-electron chi connectivity index (χ1n) is 10.7. The van der Waals surface area contributed by atoms with Crippen LogP contribution in [-0.2, 0) is 29.0 Å². The van der Waals surface area contributed by atoms with E-state index in [2.05, 4.69) is 10.3 Å². The number of carboxylic acid groups (broad SMARTS) is 1. The summed E-state index contributed by atoms with van der Waals surface area (Å²) >= 11 is 2.45. The van der Waals surface area contributed by atoms with Gasteiger partial charge in [0, 0.05) is 24.6 Å². The van der Waals surface area contributed by atoms with E-state index in [1.165, 1.54) is 27.7 Å². The van der Waals surface area contributed by atoms with Crippen molar-refractivity contribution in [2.75, 3.05) is 5.32 Å². The lowest BCUT2D eigenvalue weighted by atomic mass is 10.0. The van der Waals surface area contributed by atoms with Crippen LogP contribution in [0.2, 0.25) is 0 Å². The van der Waals surface area contributed by atoms with Gasteiger partial charge in [-0.1, -0.05) is 50.7 Å². The molecular weight excluding hydrogens is 446 g/mol. The summed E-state index contributed by atoms with van der Waals surface area (Å²) in [4.78, 5) is 41.7. The maximum absolute atomic E-state index is 13.2. The third kappa shape index (κ3) is 5.21. The van der Waals surface area contributed by atoms with Crippen molar-refractivity contribution in [3.8, 4) is 0 Å². The van der Waals surface area contributed by atoms with E-state index in [1.54, 1.807) is 11.4 Å². The lowest BCUT2D eigenvalue weighted by molar-refractivity contribution is -0.306. The van der Waals surface area contributed by atoms with Crippen molar-refractivity contribution in [3.63, 3.8) is 0 Å². The summed E-state index contributed by atoms with van der Waals surface area (Å²) < 4.78 is 1.81. The van der Waals surface area contributed by atoms with Crippen molar-refractivity contribution in [2.45, 2.75) is 63.4 Å². The minimum absolute atomic E-state index is 0.0545. The lowest BCUT2D eigenvalue weighted by Crippen LogP contribution is -2.30. The van der Waals surface area contributed by atoms with Gasteiger partial charge in [-0.3, -0.25) is 14.2 Å². The summed E-state index contributed by atoms with van der Waals surface area (Å²) in [5, 5.41) is 15.7. The molecule has 1 amide bonds. The number of nitrogens with zero attached hydrogens (tertiary/aromatic N) is 2.